The van der Waals surface area contributed by atoms with Crippen LogP contribution in [0.2, 0.25) is 10.0 Å². The van der Waals surface area contributed by atoms with Crippen LogP contribution in [0, 0.1) is 5.41 Å². The summed E-state index contributed by atoms with van der Waals surface area (Å²) >= 11 is 13.0. The standard InChI is InChI=1S/C27H31Cl2NO5/c1-6-19(17-11-8-7-9-12-17)27(25(33)34)22(18-13-10-14-20(28)23(18)29)21(24(31)32)15(2)30-26(27,4)16(3)35-5/h7-14,16,19,22,30H,6H2,1-5H3,(H,31,32)(H,33,34)/p-2. The molecule has 0 amide bonds. The van der Waals surface area contributed by atoms with Gasteiger partial charge in [0.2, 0.25) is 0 Å². The number of benzene rings is 2. The van der Waals surface area contributed by atoms with Crippen molar-refractivity contribution in [2.24, 2.45) is 5.41 Å². The summed E-state index contributed by atoms with van der Waals surface area (Å²) in [6.07, 6.45) is -0.323. The first-order valence-electron chi connectivity index (χ1n) is 11.4. The molecule has 2 aromatic rings. The van der Waals surface area contributed by atoms with Crippen molar-refractivity contribution in [2.75, 3.05) is 7.11 Å². The summed E-state index contributed by atoms with van der Waals surface area (Å²) in [7, 11) is 1.48. The summed E-state index contributed by atoms with van der Waals surface area (Å²) in [4.78, 5) is 26.2. The minimum absolute atomic E-state index is 0.0774. The van der Waals surface area contributed by atoms with Gasteiger partial charge in [-0.15, -0.1) is 0 Å². The van der Waals surface area contributed by atoms with Crippen LogP contribution in [0.1, 0.15) is 57.1 Å². The van der Waals surface area contributed by atoms with E-state index in [9.17, 15) is 19.8 Å². The van der Waals surface area contributed by atoms with Gasteiger partial charge in [0.1, 0.15) is 0 Å². The Morgan fingerprint density at radius 3 is 2.26 bits per heavy atom. The summed E-state index contributed by atoms with van der Waals surface area (Å²) < 4.78 is 5.71. The Morgan fingerprint density at radius 1 is 1.11 bits per heavy atom. The molecule has 0 aliphatic carbocycles. The molecule has 5 atom stereocenters. The Labute approximate surface area is 215 Å². The first-order valence-corrected chi connectivity index (χ1v) is 12.2. The third kappa shape index (κ3) is 4.11. The van der Waals surface area contributed by atoms with Gasteiger partial charge in [-0.05, 0) is 50.3 Å². The molecule has 0 bridgehead atoms. The minimum Gasteiger partial charge on any atom is -0.549 e. The van der Waals surface area contributed by atoms with Gasteiger partial charge in [-0.25, -0.2) is 0 Å². The van der Waals surface area contributed by atoms with Crippen LogP contribution in [0.3, 0.4) is 0 Å². The van der Waals surface area contributed by atoms with Crippen LogP contribution in [0.25, 0.3) is 0 Å². The smallest absolute Gasteiger partial charge is 0.0779 e. The molecule has 8 heteroatoms. The number of hydrogen-bond donors (Lipinski definition) is 1. The maximum Gasteiger partial charge on any atom is 0.0779 e. The predicted molar refractivity (Wildman–Crippen MR) is 132 cm³/mol. The molecule has 6 nitrogen and oxygen atoms in total. The van der Waals surface area contributed by atoms with E-state index in [0.29, 0.717) is 6.42 Å². The second-order valence-electron chi connectivity index (χ2n) is 9.14. The van der Waals surface area contributed by atoms with Crippen molar-refractivity contribution in [3.8, 4) is 0 Å². The quantitative estimate of drug-likeness (QED) is 0.575. The normalized spacial score (nSPS) is 26.1. The first kappa shape index (κ1) is 27.1. The summed E-state index contributed by atoms with van der Waals surface area (Å²) in [5.74, 6) is -4.90. The van der Waals surface area contributed by atoms with Gasteiger partial charge < -0.3 is 29.9 Å². The lowest BCUT2D eigenvalue weighted by atomic mass is 9.48. The minimum atomic E-state index is -1.89. The summed E-state index contributed by atoms with van der Waals surface area (Å²) in [5.41, 5.74) is -2.19. The highest BCUT2D eigenvalue weighted by Gasteiger charge is 2.64. The Kier molecular flexibility index (Phi) is 7.89. The average molecular weight is 518 g/mol. The number of aliphatic carboxylic acids is 2. The zero-order chi connectivity index (χ0) is 26.1. The van der Waals surface area contributed by atoms with Gasteiger partial charge in [-0.1, -0.05) is 72.6 Å². The van der Waals surface area contributed by atoms with Gasteiger partial charge in [0.05, 0.1) is 39.0 Å². The van der Waals surface area contributed by atoms with E-state index < -0.39 is 40.8 Å². The molecule has 35 heavy (non-hydrogen) atoms. The molecule has 1 aliphatic heterocycles. The van der Waals surface area contributed by atoms with Gasteiger partial charge >= 0.3 is 0 Å². The van der Waals surface area contributed by atoms with Crippen molar-refractivity contribution in [1.29, 1.82) is 0 Å². The van der Waals surface area contributed by atoms with Crippen LogP contribution in [-0.2, 0) is 14.3 Å². The molecule has 3 rings (SSSR count). The molecule has 1 heterocycles. The lowest BCUT2D eigenvalue weighted by Gasteiger charge is -2.63. The van der Waals surface area contributed by atoms with E-state index in [1.54, 1.807) is 39.0 Å². The Balaban J connectivity index is 2.60. The third-order valence-corrected chi connectivity index (χ3v) is 8.46. The van der Waals surface area contributed by atoms with Gasteiger partial charge in [-0.3, -0.25) is 0 Å². The fourth-order valence-corrected chi connectivity index (χ4v) is 6.35. The molecule has 188 valence electrons. The summed E-state index contributed by atoms with van der Waals surface area (Å²) in [5, 5.41) is 29.7. The zero-order valence-electron chi connectivity index (χ0n) is 20.4. The molecule has 0 aromatic heterocycles. The maximum absolute atomic E-state index is 13.6. The highest BCUT2D eigenvalue weighted by atomic mass is 35.5. The molecule has 0 saturated carbocycles. The first-order chi connectivity index (χ1) is 16.5. The van der Waals surface area contributed by atoms with Crippen LogP contribution in [0.4, 0.5) is 0 Å². The fourth-order valence-electron chi connectivity index (χ4n) is 5.93. The predicted octanol–water partition coefficient (Wildman–Crippen LogP) is 3.43. The van der Waals surface area contributed by atoms with Gasteiger partial charge in [0.25, 0.3) is 0 Å². The second kappa shape index (κ2) is 10.2. The summed E-state index contributed by atoms with van der Waals surface area (Å²) in [6.45, 7) is 6.92. The van der Waals surface area contributed by atoms with Crippen LogP contribution < -0.4 is 15.5 Å². The lowest BCUT2D eigenvalue weighted by Crippen LogP contribution is -2.74. The number of halogens is 2. The maximum atomic E-state index is 13.6. The average Bonchev–Trinajstić information content (AvgIpc) is 2.82. The zero-order valence-corrected chi connectivity index (χ0v) is 21.9. The molecule has 5 unspecified atom stereocenters. The van der Waals surface area contributed by atoms with E-state index in [2.05, 4.69) is 5.32 Å². The number of hydrogen-bond acceptors (Lipinski definition) is 6. The Bertz CT molecular complexity index is 1150. The molecule has 0 fully saturated rings. The van der Waals surface area contributed by atoms with E-state index in [1.807, 2.05) is 37.3 Å². The van der Waals surface area contributed by atoms with Crippen molar-refractivity contribution in [3.63, 3.8) is 0 Å². The molecule has 2 aromatic carbocycles. The molecular weight excluding hydrogens is 489 g/mol. The molecule has 0 saturated heterocycles. The third-order valence-electron chi connectivity index (χ3n) is 7.63. The highest BCUT2D eigenvalue weighted by molar-refractivity contribution is 6.42. The number of nitrogens with one attached hydrogen (secondary N) is 1. The molecule has 1 N–H and O–H groups in total. The highest BCUT2D eigenvalue weighted by Crippen LogP contribution is 2.62. The van der Waals surface area contributed by atoms with Crippen molar-refractivity contribution < 1.29 is 24.5 Å². The Morgan fingerprint density at radius 2 is 1.74 bits per heavy atom. The van der Waals surface area contributed by atoms with E-state index >= 15 is 0 Å². The fraction of sp³-hybridized carbons (Fsp3) is 0.407. The van der Waals surface area contributed by atoms with E-state index in [0.717, 1.165) is 5.56 Å². The van der Waals surface area contributed by atoms with Crippen molar-refractivity contribution >= 4 is 35.1 Å². The van der Waals surface area contributed by atoms with Crippen LogP contribution in [0.5, 0.6) is 0 Å². The number of rotatable bonds is 8. The molecular formula is C27H29Cl2NO5-2. The summed E-state index contributed by atoms with van der Waals surface area (Å²) in [6, 6.07) is 13.9. The van der Waals surface area contributed by atoms with Crippen LogP contribution in [-0.4, -0.2) is 30.7 Å². The van der Waals surface area contributed by atoms with Crippen molar-refractivity contribution in [2.45, 2.75) is 57.6 Å². The number of allylic oxidation sites excluding steroid dienone is 1. The van der Waals surface area contributed by atoms with Crippen molar-refractivity contribution in [1.82, 2.24) is 5.32 Å². The Hall–Kier alpha value is -2.54. The van der Waals surface area contributed by atoms with Gasteiger partial charge in [-0.2, -0.15) is 0 Å². The van der Waals surface area contributed by atoms with Gasteiger partial charge in [0, 0.05) is 24.3 Å². The number of carboxylic acids is 2. The SMILES string of the molecule is CCC(c1ccccc1)C1(C(=O)[O-])C(c2cccc(Cl)c2Cl)C(C(=O)[O-])=C(C)NC1(C)C(C)OC. The number of ether oxygens (including phenoxy) is 1. The van der Waals surface area contributed by atoms with Gasteiger partial charge in [0.15, 0.2) is 0 Å². The molecule has 0 spiro atoms. The van der Waals surface area contributed by atoms with E-state index in [4.69, 9.17) is 27.9 Å². The van der Waals surface area contributed by atoms with E-state index in [-0.39, 0.29) is 26.9 Å². The van der Waals surface area contributed by atoms with Crippen molar-refractivity contribution in [3.05, 3.63) is 81.0 Å². The lowest BCUT2D eigenvalue weighted by molar-refractivity contribution is -0.329. The van der Waals surface area contributed by atoms with E-state index in [1.165, 1.54) is 7.11 Å². The van der Waals surface area contributed by atoms with Crippen LogP contribution >= 0.6 is 23.2 Å². The second-order valence-corrected chi connectivity index (χ2v) is 9.92. The molecule has 0 radical (unpaired) electrons. The number of carbonyl (C=O) groups excluding carboxylic acids is 2. The monoisotopic (exact) mass is 517 g/mol. The largest absolute Gasteiger partial charge is 0.549 e. The number of methoxy groups -OCH3 is 1. The van der Waals surface area contributed by atoms with Crippen LogP contribution in [0.15, 0.2) is 59.8 Å². The molecule has 1 aliphatic rings. The topological polar surface area (TPSA) is 102 Å². The number of carbonyl (C=O) groups is 2. The number of carboxylic acid groups (broad SMARTS) is 2.